The molecule has 5 heteroatoms. The zero-order chi connectivity index (χ0) is 14.0. The van der Waals surface area contributed by atoms with Gasteiger partial charge in [0.05, 0.1) is 26.0 Å². The Hall–Kier alpha value is -0.830. The second-order valence-corrected chi connectivity index (χ2v) is 6.14. The minimum Gasteiger partial charge on any atom is -0.493 e. The molecule has 1 aromatic carbocycles. The van der Waals surface area contributed by atoms with E-state index in [1.54, 1.807) is 0 Å². The van der Waals surface area contributed by atoms with E-state index in [1.807, 2.05) is 38.1 Å². The molecule has 0 heterocycles. The number of para-hydroxylation sites is 1. The molecule has 0 aliphatic heterocycles. The Kier molecular flexibility index (Phi) is 7.80. The number of benzene rings is 1. The van der Waals surface area contributed by atoms with Crippen LogP contribution in [0.5, 0.6) is 5.75 Å². The minimum atomic E-state index is -2.89. The van der Waals surface area contributed by atoms with Crippen molar-refractivity contribution in [1.82, 2.24) is 0 Å². The summed E-state index contributed by atoms with van der Waals surface area (Å²) in [5.74, 6) is 0.736. The topological polar surface area (TPSA) is 44.8 Å². The first-order valence-electron chi connectivity index (χ1n) is 6.68. The largest absolute Gasteiger partial charge is 0.493 e. The number of unbranched alkanes of at least 4 members (excludes halogenated alkanes) is 1. The summed E-state index contributed by atoms with van der Waals surface area (Å²) in [6, 6.07) is 10.5. The Morgan fingerprint density at radius 1 is 1.16 bits per heavy atom. The van der Waals surface area contributed by atoms with Gasteiger partial charge in [-0.15, -0.1) is 0 Å². The third kappa shape index (κ3) is 6.76. The van der Waals surface area contributed by atoms with Gasteiger partial charge in [-0.05, 0) is 32.8 Å². The van der Waals surface area contributed by atoms with Crippen molar-refractivity contribution in [2.75, 3.05) is 26.0 Å². The summed E-state index contributed by atoms with van der Waals surface area (Å²) < 4.78 is 28.1. The quantitative estimate of drug-likeness (QED) is 0.483. The standard InChI is InChI=1S/C14H22O4P/c1-3-17-19(15,18-4-2)13-9-8-12-16-14-10-6-5-7-11-14/h5-7,10H,3-4,8-9,12-13H2,1-2H3. The molecular formula is C14H22O4P. The van der Waals surface area contributed by atoms with Crippen LogP contribution in [0.4, 0.5) is 0 Å². The van der Waals surface area contributed by atoms with Gasteiger partial charge in [-0.3, -0.25) is 4.57 Å². The van der Waals surface area contributed by atoms with Crippen LogP contribution in [0, 0.1) is 6.07 Å². The van der Waals surface area contributed by atoms with E-state index in [-0.39, 0.29) is 0 Å². The van der Waals surface area contributed by atoms with E-state index in [1.165, 1.54) is 0 Å². The lowest BCUT2D eigenvalue weighted by molar-refractivity contribution is 0.218. The van der Waals surface area contributed by atoms with Gasteiger partial charge >= 0.3 is 7.60 Å². The minimum absolute atomic E-state index is 0.409. The molecule has 0 aliphatic rings. The van der Waals surface area contributed by atoms with Crippen molar-refractivity contribution in [2.45, 2.75) is 26.7 Å². The zero-order valence-corrected chi connectivity index (χ0v) is 12.5. The van der Waals surface area contributed by atoms with Gasteiger partial charge in [-0.2, -0.15) is 0 Å². The highest BCUT2D eigenvalue weighted by Gasteiger charge is 2.22. The number of hydrogen-bond acceptors (Lipinski definition) is 4. The number of ether oxygens (including phenoxy) is 1. The highest BCUT2D eigenvalue weighted by molar-refractivity contribution is 7.53. The van der Waals surface area contributed by atoms with Crippen molar-refractivity contribution in [2.24, 2.45) is 0 Å². The van der Waals surface area contributed by atoms with Crippen molar-refractivity contribution >= 4 is 7.60 Å². The van der Waals surface area contributed by atoms with E-state index in [4.69, 9.17) is 13.8 Å². The second-order valence-electron chi connectivity index (χ2n) is 3.95. The molecule has 0 aromatic heterocycles. The van der Waals surface area contributed by atoms with Crippen LogP contribution in [0.1, 0.15) is 26.7 Å². The first kappa shape index (κ1) is 16.2. The summed E-state index contributed by atoms with van der Waals surface area (Å²) in [6.45, 7) is 5.04. The van der Waals surface area contributed by atoms with E-state index < -0.39 is 7.60 Å². The van der Waals surface area contributed by atoms with E-state index in [2.05, 4.69) is 6.07 Å². The molecule has 0 fully saturated rings. The number of hydrogen-bond donors (Lipinski definition) is 0. The fraction of sp³-hybridized carbons (Fsp3) is 0.571. The predicted molar refractivity (Wildman–Crippen MR) is 75.7 cm³/mol. The molecule has 4 nitrogen and oxygen atoms in total. The van der Waals surface area contributed by atoms with Gasteiger partial charge < -0.3 is 13.8 Å². The summed E-state index contributed by atoms with van der Waals surface area (Å²) in [4.78, 5) is 0. The summed E-state index contributed by atoms with van der Waals surface area (Å²) in [7, 11) is -2.89. The molecule has 1 radical (unpaired) electrons. The highest BCUT2D eigenvalue weighted by atomic mass is 31.2. The van der Waals surface area contributed by atoms with Crippen molar-refractivity contribution in [1.29, 1.82) is 0 Å². The third-order valence-corrected chi connectivity index (χ3v) is 4.58. The first-order chi connectivity index (χ1) is 9.20. The van der Waals surface area contributed by atoms with Crippen LogP contribution >= 0.6 is 7.60 Å². The molecule has 19 heavy (non-hydrogen) atoms. The maximum absolute atomic E-state index is 12.2. The second kappa shape index (κ2) is 9.13. The van der Waals surface area contributed by atoms with Crippen LogP contribution < -0.4 is 4.74 Å². The molecule has 0 N–H and O–H groups in total. The van der Waals surface area contributed by atoms with Gasteiger partial charge in [0.15, 0.2) is 0 Å². The molecule has 1 rings (SSSR count). The van der Waals surface area contributed by atoms with Crippen LogP contribution in [0.25, 0.3) is 0 Å². The Morgan fingerprint density at radius 2 is 1.89 bits per heavy atom. The molecule has 0 saturated carbocycles. The summed E-state index contributed by atoms with van der Waals surface area (Å²) in [5.41, 5.74) is 0. The molecular weight excluding hydrogens is 263 g/mol. The SMILES string of the molecule is CCOP(=O)(CCCCOc1[c]cccc1)OCC. The van der Waals surface area contributed by atoms with Crippen molar-refractivity contribution in [3.8, 4) is 5.75 Å². The molecule has 0 spiro atoms. The van der Waals surface area contributed by atoms with E-state index in [9.17, 15) is 4.57 Å². The number of rotatable bonds is 10. The lowest BCUT2D eigenvalue weighted by Crippen LogP contribution is -2.03. The Labute approximate surface area is 115 Å². The van der Waals surface area contributed by atoms with Gasteiger partial charge in [0, 0.05) is 6.07 Å². The van der Waals surface area contributed by atoms with Crippen molar-refractivity contribution in [3.05, 3.63) is 30.3 Å². The zero-order valence-electron chi connectivity index (χ0n) is 11.6. The molecule has 0 aliphatic carbocycles. The average Bonchev–Trinajstić information content (AvgIpc) is 2.40. The molecule has 0 saturated heterocycles. The summed E-state index contributed by atoms with van der Waals surface area (Å²) in [6.07, 6.45) is 2.01. The maximum Gasteiger partial charge on any atom is 0.330 e. The maximum atomic E-state index is 12.2. The monoisotopic (exact) mass is 285 g/mol. The Morgan fingerprint density at radius 3 is 2.47 bits per heavy atom. The smallest absolute Gasteiger partial charge is 0.330 e. The third-order valence-electron chi connectivity index (χ3n) is 2.42. The van der Waals surface area contributed by atoms with Crippen LogP contribution in [-0.4, -0.2) is 26.0 Å². The molecule has 1 aromatic rings. The molecule has 107 valence electrons. The molecule has 0 amide bonds. The molecule has 0 unspecified atom stereocenters. The van der Waals surface area contributed by atoms with Crippen LogP contribution in [-0.2, 0) is 13.6 Å². The summed E-state index contributed by atoms with van der Waals surface area (Å²) >= 11 is 0. The molecule has 0 bridgehead atoms. The lowest BCUT2D eigenvalue weighted by Gasteiger charge is -2.16. The Balaban J connectivity index is 2.20. The van der Waals surface area contributed by atoms with E-state index in [0.29, 0.717) is 26.0 Å². The fourth-order valence-electron chi connectivity index (χ4n) is 1.62. The average molecular weight is 285 g/mol. The van der Waals surface area contributed by atoms with Gasteiger partial charge in [0.2, 0.25) is 0 Å². The van der Waals surface area contributed by atoms with Crippen LogP contribution in [0.3, 0.4) is 0 Å². The van der Waals surface area contributed by atoms with Gasteiger partial charge in [-0.1, -0.05) is 18.2 Å². The molecule has 0 atom stereocenters. The Bertz CT molecular complexity index is 370. The predicted octanol–water partition coefficient (Wildman–Crippen LogP) is 3.91. The van der Waals surface area contributed by atoms with Gasteiger partial charge in [0.25, 0.3) is 0 Å². The highest BCUT2D eigenvalue weighted by Crippen LogP contribution is 2.48. The fourth-order valence-corrected chi connectivity index (χ4v) is 3.35. The van der Waals surface area contributed by atoms with Gasteiger partial charge in [-0.25, -0.2) is 0 Å². The van der Waals surface area contributed by atoms with Crippen molar-refractivity contribution < 1.29 is 18.3 Å². The first-order valence-corrected chi connectivity index (χ1v) is 8.40. The van der Waals surface area contributed by atoms with Crippen molar-refractivity contribution in [3.63, 3.8) is 0 Å². The van der Waals surface area contributed by atoms with E-state index in [0.717, 1.165) is 18.6 Å². The van der Waals surface area contributed by atoms with Crippen LogP contribution in [0.2, 0.25) is 0 Å². The van der Waals surface area contributed by atoms with Gasteiger partial charge in [0.1, 0.15) is 5.75 Å². The van der Waals surface area contributed by atoms with E-state index >= 15 is 0 Å². The summed E-state index contributed by atoms with van der Waals surface area (Å²) in [5, 5.41) is 0. The van der Waals surface area contributed by atoms with Crippen LogP contribution in [0.15, 0.2) is 24.3 Å². The lowest BCUT2D eigenvalue weighted by atomic mass is 10.3. The normalized spacial score (nSPS) is 11.5.